The Morgan fingerprint density at radius 2 is 2.00 bits per heavy atom. The lowest BCUT2D eigenvalue weighted by atomic mass is 9.91. The molecule has 0 spiro atoms. The molecule has 0 aromatic carbocycles. The fourth-order valence-corrected chi connectivity index (χ4v) is 3.99. The van der Waals surface area contributed by atoms with Crippen LogP contribution >= 0.6 is 0 Å². The molecule has 1 fully saturated rings. The molecule has 2 N–H and O–H groups in total. The van der Waals surface area contributed by atoms with E-state index in [1.54, 1.807) is 7.05 Å². The van der Waals surface area contributed by atoms with E-state index in [2.05, 4.69) is 10.9 Å². The minimum Gasteiger partial charge on any atom is -0.298 e. The van der Waals surface area contributed by atoms with E-state index in [1.165, 1.54) is 39.0 Å². The van der Waals surface area contributed by atoms with Gasteiger partial charge in [0.2, 0.25) is 0 Å². The highest BCUT2D eigenvalue weighted by Crippen LogP contribution is 2.24. The Hall–Kier alpha value is -0.260. The van der Waals surface area contributed by atoms with Gasteiger partial charge in [-0.15, -0.1) is 0 Å². The smallest absolute Gasteiger partial charge is 0.148 e. The average molecular weight is 260 g/mol. The summed E-state index contributed by atoms with van der Waals surface area (Å²) in [5.41, 5.74) is 5.61. The Labute approximate surface area is 106 Å². The van der Waals surface area contributed by atoms with Crippen LogP contribution in [0, 0.1) is 5.92 Å². The molecule has 0 aromatic heterocycles. The fourth-order valence-electron chi connectivity index (χ4n) is 2.31. The topological polar surface area (TPSA) is 58.2 Å². The van der Waals surface area contributed by atoms with Crippen molar-refractivity contribution in [2.45, 2.75) is 45.1 Å². The Morgan fingerprint density at radius 1 is 1.35 bits per heavy atom. The molecule has 4 nitrogen and oxygen atoms in total. The van der Waals surface area contributed by atoms with Gasteiger partial charge in [-0.05, 0) is 32.7 Å². The number of Topliss-reactive ketones (excluding diaryl/α,β-unsaturated/α-hetero) is 1. The van der Waals surface area contributed by atoms with Crippen LogP contribution in [0.5, 0.6) is 0 Å². The highest BCUT2D eigenvalue weighted by molar-refractivity contribution is 7.85. The molecule has 100 valence electrons. The third-order valence-electron chi connectivity index (χ3n) is 3.31. The summed E-state index contributed by atoms with van der Waals surface area (Å²) < 4.78 is 12.0. The van der Waals surface area contributed by atoms with Crippen LogP contribution in [0.1, 0.15) is 39.0 Å². The lowest BCUT2D eigenvalue weighted by Crippen LogP contribution is -2.46. The van der Waals surface area contributed by atoms with Gasteiger partial charge in [0.1, 0.15) is 5.78 Å². The maximum atomic E-state index is 12.0. The number of hydrogen-bond donors (Lipinski definition) is 2. The molecule has 1 saturated carbocycles. The molecule has 0 heterocycles. The third-order valence-corrected chi connectivity index (χ3v) is 4.86. The Morgan fingerprint density at radius 3 is 2.53 bits per heavy atom. The van der Waals surface area contributed by atoms with E-state index in [9.17, 15) is 9.00 Å². The van der Waals surface area contributed by atoms with Crippen LogP contribution in [0.2, 0.25) is 0 Å². The first-order valence-corrected chi connectivity index (χ1v) is 7.90. The minimum absolute atomic E-state index is 0.0383. The molecule has 2 atom stereocenters. The lowest BCUT2D eigenvalue weighted by molar-refractivity contribution is -0.118. The highest BCUT2D eigenvalue weighted by atomic mass is 32.2. The van der Waals surface area contributed by atoms with Crippen LogP contribution in [-0.4, -0.2) is 34.6 Å². The molecule has 0 amide bonds. The van der Waals surface area contributed by atoms with Crippen LogP contribution < -0.4 is 10.9 Å². The molecule has 1 aliphatic carbocycles. The van der Waals surface area contributed by atoms with Gasteiger partial charge >= 0.3 is 0 Å². The Balaban J connectivity index is 2.33. The second kappa shape index (κ2) is 7.95. The summed E-state index contributed by atoms with van der Waals surface area (Å²) in [4.78, 5) is 11.3. The molecule has 0 radical (unpaired) electrons. The predicted molar refractivity (Wildman–Crippen MR) is 71.1 cm³/mol. The SMILES string of the molecule is CNNC(CS(=O)CC1CCCCC1)C(C)=O. The van der Waals surface area contributed by atoms with E-state index in [0.717, 1.165) is 5.75 Å². The van der Waals surface area contributed by atoms with Crippen LogP contribution in [0.3, 0.4) is 0 Å². The van der Waals surface area contributed by atoms with Gasteiger partial charge in [0, 0.05) is 22.3 Å². The van der Waals surface area contributed by atoms with Crippen molar-refractivity contribution < 1.29 is 9.00 Å². The number of carbonyl (C=O) groups excluding carboxylic acids is 1. The van der Waals surface area contributed by atoms with Gasteiger partial charge in [-0.2, -0.15) is 0 Å². The summed E-state index contributed by atoms with van der Waals surface area (Å²) >= 11 is 0. The minimum atomic E-state index is -0.893. The molecular weight excluding hydrogens is 236 g/mol. The normalized spacial score (nSPS) is 21.1. The van der Waals surface area contributed by atoms with E-state index >= 15 is 0 Å². The van der Waals surface area contributed by atoms with Crippen molar-refractivity contribution in [3.63, 3.8) is 0 Å². The lowest BCUT2D eigenvalue weighted by Gasteiger charge is -2.22. The average Bonchev–Trinajstić information content (AvgIpc) is 2.29. The summed E-state index contributed by atoms with van der Waals surface area (Å²) in [6.45, 7) is 1.53. The summed E-state index contributed by atoms with van der Waals surface area (Å²) in [5, 5.41) is 0. The van der Waals surface area contributed by atoms with E-state index in [-0.39, 0.29) is 11.8 Å². The quantitative estimate of drug-likeness (QED) is 0.670. The van der Waals surface area contributed by atoms with E-state index in [1.807, 2.05) is 0 Å². The highest BCUT2D eigenvalue weighted by Gasteiger charge is 2.20. The van der Waals surface area contributed by atoms with Gasteiger partial charge in [-0.1, -0.05) is 19.3 Å². The van der Waals surface area contributed by atoms with Gasteiger partial charge in [0.15, 0.2) is 0 Å². The first-order chi connectivity index (χ1) is 8.13. The largest absolute Gasteiger partial charge is 0.298 e. The second-order valence-electron chi connectivity index (χ2n) is 4.83. The van der Waals surface area contributed by atoms with Crippen molar-refractivity contribution in [1.29, 1.82) is 0 Å². The Kier molecular flexibility index (Phi) is 6.92. The molecule has 5 heteroatoms. The van der Waals surface area contributed by atoms with Crippen molar-refractivity contribution in [1.82, 2.24) is 10.9 Å². The monoisotopic (exact) mass is 260 g/mol. The predicted octanol–water partition coefficient (Wildman–Crippen LogP) is 0.997. The van der Waals surface area contributed by atoms with Gasteiger partial charge in [-0.25, -0.2) is 5.43 Å². The maximum absolute atomic E-state index is 12.0. The zero-order valence-electron chi connectivity index (χ0n) is 10.8. The van der Waals surface area contributed by atoms with Crippen LogP contribution in [0.25, 0.3) is 0 Å². The first kappa shape index (κ1) is 14.8. The molecular formula is C12H24N2O2S. The molecule has 0 aromatic rings. The van der Waals surface area contributed by atoms with Gasteiger partial charge < -0.3 is 0 Å². The standard InChI is InChI=1S/C12H24N2O2S/c1-10(15)12(14-13-2)9-17(16)8-11-6-4-3-5-7-11/h11-14H,3-9H2,1-2H3. The molecule has 2 unspecified atom stereocenters. The number of hydrazine groups is 1. The first-order valence-electron chi connectivity index (χ1n) is 6.41. The van der Waals surface area contributed by atoms with Crippen molar-refractivity contribution in [2.24, 2.45) is 5.92 Å². The zero-order valence-corrected chi connectivity index (χ0v) is 11.6. The summed E-state index contributed by atoms with van der Waals surface area (Å²) in [5.74, 6) is 1.82. The van der Waals surface area contributed by atoms with Crippen molar-refractivity contribution in [2.75, 3.05) is 18.6 Å². The number of ketones is 1. The number of nitrogens with one attached hydrogen (secondary N) is 2. The molecule has 1 aliphatic rings. The van der Waals surface area contributed by atoms with E-state index < -0.39 is 10.8 Å². The van der Waals surface area contributed by atoms with Gasteiger partial charge in [-0.3, -0.25) is 14.4 Å². The molecule has 0 bridgehead atoms. The molecule has 0 aliphatic heterocycles. The molecule has 0 saturated heterocycles. The second-order valence-corrected chi connectivity index (χ2v) is 6.38. The number of hydrogen-bond acceptors (Lipinski definition) is 4. The van der Waals surface area contributed by atoms with E-state index in [0.29, 0.717) is 11.7 Å². The number of carbonyl (C=O) groups is 1. The van der Waals surface area contributed by atoms with Crippen molar-refractivity contribution in [3.8, 4) is 0 Å². The Bertz CT molecular complexity index is 265. The van der Waals surface area contributed by atoms with Crippen LogP contribution in [0.15, 0.2) is 0 Å². The summed E-state index contributed by atoms with van der Waals surface area (Å²) in [6.07, 6.45) is 6.27. The molecule has 17 heavy (non-hydrogen) atoms. The summed E-state index contributed by atoms with van der Waals surface area (Å²) in [6, 6.07) is -0.329. The maximum Gasteiger partial charge on any atom is 0.148 e. The molecule has 1 rings (SSSR count). The van der Waals surface area contributed by atoms with E-state index in [4.69, 9.17) is 0 Å². The third kappa shape index (κ3) is 5.75. The van der Waals surface area contributed by atoms with Crippen molar-refractivity contribution in [3.05, 3.63) is 0 Å². The van der Waals surface area contributed by atoms with Gasteiger partial charge in [0.05, 0.1) is 6.04 Å². The van der Waals surface area contributed by atoms with Crippen LogP contribution in [-0.2, 0) is 15.6 Å². The fraction of sp³-hybridized carbons (Fsp3) is 0.917. The van der Waals surface area contributed by atoms with Crippen molar-refractivity contribution >= 4 is 16.6 Å². The number of rotatable bonds is 7. The summed E-state index contributed by atoms with van der Waals surface area (Å²) in [7, 11) is 0.829. The van der Waals surface area contributed by atoms with Crippen LogP contribution in [0.4, 0.5) is 0 Å². The van der Waals surface area contributed by atoms with Gasteiger partial charge in [0.25, 0.3) is 0 Å². The zero-order chi connectivity index (χ0) is 12.7.